The van der Waals surface area contributed by atoms with Gasteiger partial charge in [-0.25, -0.2) is 0 Å². The van der Waals surface area contributed by atoms with Crippen molar-refractivity contribution in [3.63, 3.8) is 0 Å². The van der Waals surface area contributed by atoms with Gasteiger partial charge in [0.2, 0.25) is 0 Å². The number of benzene rings is 1. The predicted molar refractivity (Wildman–Crippen MR) is 114 cm³/mol. The molecule has 1 aromatic carbocycles. The van der Waals surface area contributed by atoms with Crippen molar-refractivity contribution in [3.8, 4) is 11.5 Å². The number of ketones is 2. The van der Waals surface area contributed by atoms with Crippen molar-refractivity contribution in [2.24, 2.45) is 5.16 Å². The number of rotatable bonds is 12. The van der Waals surface area contributed by atoms with Gasteiger partial charge < -0.3 is 14.3 Å². The van der Waals surface area contributed by atoms with Crippen LogP contribution >= 0.6 is 0 Å². The molecule has 0 fully saturated rings. The average Bonchev–Trinajstić information content (AvgIpc) is 2.73. The lowest BCUT2D eigenvalue weighted by Gasteiger charge is -2.20. The first-order valence-corrected chi connectivity index (χ1v) is 10.3. The SMILES string of the molecule is CCCCCCC/C(=N/OCCC)c1cc(OC)c2c(c1OC)C(=O)C=CC2=O. The summed E-state index contributed by atoms with van der Waals surface area (Å²) in [5.74, 6) is 0.124. The zero-order chi connectivity index (χ0) is 21.2. The van der Waals surface area contributed by atoms with Crippen LogP contribution in [0.15, 0.2) is 23.4 Å². The summed E-state index contributed by atoms with van der Waals surface area (Å²) >= 11 is 0. The van der Waals surface area contributed by atoms with E-state index in [1.54, 1.807) is 6.07 Å². The number of hydrogen-bond acceptors (Lipinski definition) is 6. The van der Waals surface area contributed by atoms with Gasteiger partial charge in [-0.05, 0) is 37.5 Å². The van der Waals surface area contributed by atoms with E-state index < -0.39 is 0 Å². The fourth-order valence-corrected chi connectivity index (χ4v) is 3.37. The summed E-state index contributed by atoms with van der Waals surface area (Å²) in [6.45, 7) is 4.70. The molecule has 0 atom stereocenters. The standard InChI is InChI=1S/C23H31NO5/c1-5-7-8-9-10-11-17(24-29-14-6-2)16-15-20(27-3)21-18(25)12-13-19(26)22(21)23(16)28-4/h12-13,15H,5-11,14H2,1-4H3/b24-17-. The Bertz CT molecular complexity index is 795. The zero-order valence-electron chi connectivity index (χ0n) is 17.9. The molecule has 29 heavy (non-hydrogen) atoms. The zero-order valence-corrected chi connectivity index (χ0v) is 17.9. The molecule has 0 spiro atoms. The number of allylic oxidation sites excluding steroid dienone is 2. The molecule has 6 nitrogen and oxygen atoms in total. The Morgan fingerprint density at radius 3 is 2.21 bits per heavy atom. The molecule has 0 N–H and O–H groups in total. The summed E-state index contributed by atoms with van der Waals surface area (Å²) in [5.41, 5.74) is 1.79. The van der Waals surface area contributed by atoms with E-state index in [1.165, 1.54) is 45.6 Å². The number of carbonyl (C=O) groups excluding carboxylic acids is 2. The van der Waals surface area contributed by atoms with Gasteiger partial charge in [-0.1, -0.05) is 44.7 Å². The summed E-state index contributed by atoms with van der Waals surface area (Å²) in [7, 11) is 2.98. The van der Waals surface area contributed by atoms with E-state index in [0.29, 0.717) is 35.8 Å². The number of nitrogens with zero attached hydrogens (tertiary/aromatic N) is 1. The molecule has 0 aromatic heterocycles. The van der Waals surface area contributed by atoms with E-state index in [9.17, 15) is 9.59 Å². The molecule has 0 saturated carbocycles. The topological polar surface area (TPSA) is 74.2 Å². The molecule has 0 bridgehead atoms. The molecule has 2 rings (SSSR count). The van der Waals surface area contributed by atoms with Gasteiger partial charge in [0.1, 0.15) is 18.1 Å². The second kappa shape index (κ2) is 11.4. The first kappa shape index (κ1) is 22.7. The van der Waals surface area contributed by atoms with Gasteiger partial charge >= 0.3 is 0 Å². The highest BCUT2D eigenvalue weighted by atomic mass is 16.6. The molecule has 0 saturated heterocycles. The first-order chi connectivity index (χ1) is 14.1. The number of ether oxygens (including phenoxy) is 2. The van der Waals surface area contributed by atoms with Crippen LogP contribution in [0.4, 0.5) is 0 Å². The van der Waals surface area contributed by atoms with Crippen LogP contribution in [-0.4, -0.2) is 38.1 Å². The number of oxime groups is 1. The number of methoxy groups -OCH3 is 2. The van der Waals surface area contributed by atoms with E-state index in [4.69, 9.17) is 14.3 Å². The largest absolute Gasteiger partial charge is 0.496 e. The fraction of sp³-hybridized carbons (Fsp3) is 0.522. The molecule has 0 unspecified atom stereocenters. The van der Waals surface area contributed by atoms with Crippen LogP contribution in [0.1, 0.15) is 85.1 Å². The third kappa shape index (κ3) is 5.46. The number of fused-ring (bicyclic) bond motifs is 1. The van der Waals surface area contributed by atoms with Crippen LogP contribution in [0.5, 0.6) is 11.5 Å². The van der Waals surface area contributed by atoms with Crippen LogP contribution in [0.2, 0.25) is 0 Å². The second-order valence-electron chi connectivity index (χ2n) is 7.01. The maximum atomic E-state index is 12.6. The van der Waals surface area contributed by atoms with Crippen molar-refractivity contribution in [3.05, 3.63) is 34.9 Å². The smallest absolute Gasteiger partial charge is 0.190 e. The second-order valence-corrected chi connectivity index (χ2v) is 7.01. The molecule has 158 valence electrons. The highest BCUT2D eigenvalue weighted by Gasteiger charge is 2.31. The van der Waals surface area contributed by atoms with Crippen molar-refractivity contribution in [2.75, 3.05) is 20.8 Å². The van der Waals surface area contributed by atoms with Crippen LogP contribution < -0.4 is 9.47 Å². The van der Waals surface area contributed by atoms with E-state index in [-0.39, 0.29) is 22.7 Å². The van der Waals surface area contributed by atoms with Gasteiger partial charge in [0, 0.05) is 5.56 Å². The van der Waals surface area contributed by atoms with Gasteiger partial charge in [0.25, 0.3) is 0 Å². The van der Waals surface area contributed by atoms with Crippen LogP contribution in [-0.2, 0) is 4.84 Å². The molecule has 6 heteroatoms. The highest BCUT2D eigenvalue weighted by Crippen LogP contribution is 2.38. The van der Waals surface area contributed by atoms with E-state index in [2.05, 4.69) is 12.1 Å². The van der Waals surface area contributed by atoms with Gasteiger partial charge in [-0.15, -0.1) is 0 Å². The summed E-state index contributed by atoms with van der Waals surface area (Å²) in [4.78, 5) is 30.5. The van der Waals surface area contributed by atoms with Crippen molar-refractivity contribution < 1.29 is 23.9 Å². The lowest BCUT2D eigenvalue weighted by molar-refractivity contribution is 0.0989. The lowest BCUT2D eigenvalue weighted by atomic mass is 9.88. The third-order valence-corrected chi connectivity index (χ3v) is 4.84. The maximum Gasteiger partial charge on any atom is 0.190 e. The van der Waals surface area contributed by atoms with Gasteiger partial charge in [0.15, 0.2) is 11.6 Å². The Hall–Kier alpha value is -2.63. The minimum atomic E-state index is -0.284. The van der Waals surface area contributed by atoms with Gasteiger partial charge in [-0.2, -0.15) is 0 Å². The van der Waals surface area contributed by atoms with Crippen LogP contribution in [0.3, 0.4) is 0 Å². The normalized spacial score (nSPS) is 13.4. The Morgan fingerprint density at radius 2 is 1.59 bits per heavy atom. The number of hydrogen-bond donors (Lipinski definition) is 0. The molecule has 0 heterocycles. The molecule has 0 radical (unpaired) electrons. The molecule has 0 amide bonds. The van der Waals surface area contributed by atoms with E-state index in [0.717, 1.165) is 19.3 Å². The van der Waals surface area contributed by atoms with E-state index >= 15 is 0 Å². The van der Waals surface area contributed by atoms with E-state index in [1.807, 2.05) is 6.92 Å². The summed E-state index contributed by atoms with van der Waals surface area (Å²) in [6.07, 6.45) is 9.65. The Morgan fingerprint density at radius 1 is 0.897 bits per heavy atom. The maximum absolute atomic E-state index is 12.6. The summed E-state index contributed by atoms with van der Waals surface area (Å²) in [6, 6.07) is 1.72. The summed E-state index contributed by atoms with van der Waals surface area (Å²) in [5, 5.41) is 4.35. The molecule has 0 aliphatic heterocycles. The van der Waals surface area contributed by atoms with Gasteiger partial charge in [0.05, 0.1) is 31.1 Å². The molecule has 1 aromatic rings. The minimum absolute atomic E-state index is 0.225. The summed E-state index contributed by atoms with van der Waals surface area (Å²) < 4.78 is 11.0. The molecular formula is C23H31NO5. The lowest BCUT2D eigenvalue weighted by Crippen LogP contribution is -2.18. The first-order valence-electron chi connectivity index (χ1n) is 10.3. The van der Waals surface area contributed by atoms with Crippen LogP contribution in [0, 0.1) is 0 Å². The fourth-order valence-electron chi connectivity index (χ4n) is 3.37. The number of unbranched alkanes of at least 4 members (excludes halogenated alkanes) is 4. The van der Waals surface area contributed by atoms with Gasteiger partial charge in [-0.3, -0.25) is 9.59 Å². The van der Waals surface area contributed by atoms with Crippen molar-refractivity contribution in [2.45, 2.75) is 58.8 Å². The monoisotopic (exact) mass is 401 g/mol. The average molecular weight is 402 g/mol. The van der Waals surface area contributed by atoms with Crippen LogP contribution in [0.25, 0.3) is 0 Å². The molecule has 1 aliphatic rings. The van der Waals surface area contributed by atoms with Crippen molar-refractivity contribution >= 4 is 17.3 Å². The Labute approximate surface area is 172 Å². The Balaban J connectivity index is 2.49. The third-order valence-electron chi connectivity index (χ3n) is 4.84. The minimum Gasteiger partial charge on any atom is -0.496 e. The highest BCUT2D eigenvalue weighted by molar-refractivity contribution is 6.25. The quantitative estimate of drug-likeness (QED) is 0.276. The van der Waals surface area contributed by atoms with Crippen molar-refractivity contribution in [1.82, 2.24) is 0 Å². The molecule has 1 aliphatic carbocycles. The predicted octanol–water partition coefficient (Wildman–Crippen LogP) is 5.13. The van der Waals surface area contributed by atoms with Crippen molar-refractivity contribution in [1.29, 1.82) is 0 Å². The Kier molecular flexibility index (Phi) is 8.90. The molecular weight excluding hydrogens is 370 g/mol. The number of carbonyl (C=O) groups is 2.